The fourth-order valence-corrected chi connectivity index (χ4v) is 3.13. The van der Waals surface area contributed by atoms with Crippen molar-refractivity contribution in [2.24, 2.45) is 0 Å². The van der Waals surface area contributed by atoms with E-state index < -0.39 is 11.9 Å². The number of hydrogen-bond acceptors (Lipinski definition) is 5. The monoisotopic (exact) mass is 329 g/mol. The van der Waals surface area contributed by atoms with Crippen molar-refractivity contribution in [1.29, 1.82) is 0 Å². The maximum Gasteiger partial charge on any atom is 0.251 e. The second kappa shape index (κ2) is 6.29. The van der Waals surface area contributed by atoms with E-state index in [2.05, 4.69) is 15.6 Å². The first kappa shape index (κ1) is 15.4. The number of piperidine rings is 1. The minimum absolute atomic E-state index is 0.235. The molecule has 7 heteroatoms. The zero-order valence-electron chi connectivity index (χ0n) is 12.5. The maximum absolute atomic E-state index is 12.2. The van der Waals surface area contributed by atoms with E-state index in [0.717, 1.165) is 16.3 Å². The summed E-state index contributed by atoms with van der Waals surface area (Å²) in [5.74, 6) is -1.09. The lowest BCUT2D eigenvalue weighted by Crippen LogP contribution is -2.52. The molecule has 0 radical (unpaired) electrons. The number of nitrogens with zero attached hydrogens (tertiary/aromatic N) is 1. The minimum atomic E-state index is -0.665. The van der Waals surface area contributed by atoms with E-state index in [-0.39, 0.29) is 18.2 Å². The molecule has 2 N–H and O–H groups in total. The van der Waals surface area contributed by atoms with Gasteiger partial charge in [0.2, 0.25) is 11.8 Å². The standard InChI is InChI=1S/C16H15N3O3S/c1-9-8-23-16(17-9)11-4-2-10(3-5-11)14(21)18-12-6-7-13(20)19-15(12)22/h2-5,8,12H,6-7H2,1H3,(H,18,21)(H,19,20,22). The van der Waals surface area contributed by atoms with Gasteiger partial charge in [0.05, 0.1) is 0 Å². The number of thiazole rings is 1. The maximum atomic E-state index is 12.2. The predicted octanol–water partition coefficient (Wildman–Crippen LogP) is 1.65. The van der Waals surface area contributed by atoms with E-state index >= 15 is 0 Å². The molecule has 1 aliphatic rings. The molecule has 6 nitrogen and oxygen atoms in total. The molecule has 0 bridgehead atoms. The quantitative estimate of drug-likeness (QED) is 0.838. The summed E-state index contributed by atoms with van der Waals surface area (Å²) in [4.78, 5) is 39.4. The third-order valence-electron chi connectivity index (χ3n) is 3.56. The van der Waals surface area contributed by atoms with Crippen molar-refractivity contribution >= 4 is 29.1 Å². The zero-order chi connectivity index (χ0) is 16.4. The molecule has 1 atom stereocenters. The Morgan fingerprint density at radius 3 is 2.65 bits per heavy atom. The number of rotatable bonds is 3. The fourth-order valence-electron chi connectivity index (χ4n) is 2.32. The summed E-state index contributed by atoms with van der Waals surface area (Å²) in [5.41, 5.74) is 2.37. The van der Waals surface area contributed by atoms with E-state index in [4.69, 9.17) is 0 Å². The van der Waals surface area contributed by atoms with Crippen LogP contribution in [-0.2, 0) is 9.59 Å². The lowest BCUT2D eigenvalue weighted by molar-refractivity contribution is -0.134. The number of aryl methyl sites for hydroxylation is 1. The van der Waals surface area contributed by atoms with E-state index in [1.54, 1.807) is 23.5 Å². The first-order valence-corrected chi connectivity index (χ1v) is 8.08. The SMILES string of the molecule is Cc1csc(-c2ccc(C(=O)NC3CCC(=O)NC3=O)cc2)n1. The molecular weight excluding hydrogens is 314 g/mol. The molecule has 1 aromatic carbocycles. The molecule has 0 saturated carbocycles. The second-order valence-corrected chi connectivity index (χ2v) is 6.21. The second-order valence-electron chi connectivity index (χ2n) is 5.35. The van der Waals surface area contributed by atoms with E-state index in [1.165, 1.54) is 0 Å². The highest BCUT2D eigenvalue weighted by molar-refractivity contribution is 7.13. The van der Waals surface area contributed by atoms with E-state index in [1.807, 2.05) is 24.4 Å². The fraction of sp³-hybridized carbons (Fsp3) is 0.250. The van der Waals surface area contributed by atoms with Crippen LogP contribution in [0.1, 0.15) is 28.9 Å². The number of amides is 3. The largest absolute Gasteiger partial charge is 0.340 e. The van der Waals surface area contributed by atoms with Crippen molar-refractivity contribution in [3.63, 3.8) is 0 Å². The van der Waals surface area contributed by atoms with Gasteiger partial charge in [-0.15, -0.1) is 11.3 Å². The van der Waals surface area contributed by atoms with Gasteiger partial charge in [-0.25, -0.2) is 4.98 Å². The summed E-state index contributed by atoms with van der Waals surface area (Å²) < 4.78 is 0. The highest BCUT2D eigenvalue weighted by atomic mass is 32.1. The number of carbonyl (C=O) groups is 3. The van der Waals surface area contributed by atoms with Gasteiger partial charge in [0.15, 0.2) is 0 Å². The van der Waals surface area contributed by atoms with Gasteiger partial charge in [-0.3, -0.25) is 19.7 Å². The van der Waals surface area contributed by atoms with Crippen LogP contribution in [0, 0.1) is 6.92 Å². The minimum Gasteiger partial charge on any atom is -0.340 e. The van der Waals surface area contributed by atoms with Gasteiger partial charge < -0.3 is 5.32 Å². The van der Waals surface area contributed by atoms with Crippen LogP contribution < -0.4 is 10.6 Å². The van der Waals surface area contributed by atoms with Gasteiger partial charge in [0, 0.05) is 28.6 Å². The molecule has 23 heavy (non-hydrogen) atoms. The molecule has 0 aliphatic carbocycles. The summed E-state index contributed by atoms with van der Waals surface area (Å²) in [6.45, 7) is 1.93. The topological polar surface area (TPSA) is 88.2 Å². The van der Waals surface area contributed by atoms with Crippen molar-refractivity contribution in [3.8, 4) is 10.6 Å². The van der Waals surface area contributed by atoms with Crippen molar-refractivity contribution < 1.29 is 14.4 Å². The van der Waals surface area contributed by atoms with Crippen LogP contribution in [0.2, 0.25) is 0 Å². The molecule has 1 unspecified atom stereocenters. The third-order valence-corrected chi connectivity index (χ3v) is 4.57. The van der Waals surface area contributed by atoms with Crippen molar-refractivity contribution in [1.82, 2.24) is 15.6 Å². The summed E-state index contributed by atoms with van der Waals surface area (Å²) in [5, 5.41) is 7.75. The number of nitrogens with one attached hydrogen (secondary N) is 2. The van der Waals surface area contributed by atoms with Crippen LogP contribution in [0.25, 0.3) is 10.6 Å². The molecule has 1 aliphatic heterocycles. The van der Waals surface area contributed by atoms with E-state index in [9.17, 15) is 14.4 Å². The van der Waals surface area contributed by atoms with Crippen LogP contribution in [0.3, 0.4) is 0 Å². The molecule has 1 aromatic heterocycles. The number of aromatic nitrogens is 1. The van der Waals surface area contributed by atoms with Gasteiger partial charge in [-0.2, -0.15) is 0 Å². The molecule has 1 saturated heterocycles. The molecule has 3 amide bonds. The average molecular weight is 329 g/mol. The Labute approximate surface area is 136 Å². The van der Waals surface area contributed by atoms with Gasteiger partial charge >= 0.3 is 0 Å². The normalized spacial score (nSPS) is 17.7. The molecule has 2 heterocycles. The van der Waals surface area contributed by atoms with Crippen LogP contribution >= 0.6 is 11.3 Å². The zero-order valence-corrected chi connectivity index (χ0v) is 13.3. The summed E-state index contributed by atoms with van der Waals surface area (Å²) in [6, 6.07) is 6.40. The number of carbonyl (C=O) groups excluding carboxylic acids is 3. The van der Waals surface area contributed by atoms with Crippen molar-refractivity contribution in [3.05, 3.63) is 40.9 Å². The summed E-state index contributed by atoms with van der Waals surface area (Å²) in [6.07, 6.45) is 0.561. The van der Waals surface area contributed by atoms with Crippen molar-refractivity contribution in [2.45, 2.75) is 25.8 Å². The Kier molecular flexibility index (Phi) is 4.20. The third kappa shape index (κ3) is 3.45. The predicted molar refractivity (Wildman–Crippen MR) is 85.9 cm³/mol. The number of benzene rings is 1. The Morgan fingerprint density at radius 2 is 2.04 bits per heavy atom. The molecule has 1 fully saturated rings. The van der Waals surface area contributed by atoms with Crippen LogP contribution in [0.15, 0.2) is 29.6 Å². The average Bonchev–Trinajstić information content (AvgIpc) is 2.97. The summed E-state index contributed by atoms with van der Waals surface area (Å²) in [7, 11) is 0. The lowest BCUT2D eigenvalue weighted by Gasteiger charge is -2.21. The molecular formula is C16H15N3O3S. The lowest BCUT2D eigenvalue weighted by atomic mass is 10.1. The van der Waals surface area contributed by atoms with Crippen LogP contribution in [0.5, 0.6) is 0 Å². The highest BCUT2D eigenvalue weighted by Crippen LogP contribution is 2.23. The Hall–Kier alpha value is -2.54. The Balaban J connectivity index is 1.68. The van der Waals surface area contributed by atoms with Gasteiger partial charge in [-0.05, 0) is 25.5 Å². The summed E-state index contributed by atoms with van der Waals surface area (Å²) >= 11 is 1.55. The molecule has 3 rings (SSSR count). The van der Waals surface area contributed by atoms with Crippen LogP contribution in [-0.4, -0.2) is 28.7 Å². The molecule has 2 aromatic rings. The van der Waals surface area contributed by atoms with Crippen LogP contribution in [0.4, 0.5) is 0 Å². The smallest absolute Gasteiger partial charge is 0.251 e. The number of imide groups is 1. The number of hydrogen-bond donors (Lipinski definition) is 2. The molecule has 0 spiro atoms. The highest BCUT2D eigenvalue weighted by Gasteiger charge is 2.28. The molecule has 118 valence electrons. The van der Waals surface area contributed by atoms with Crippen molar-refractivity contribution in [2.75, 3.05) is 0 Å². The van der Waals surface area contributed by atoms with Gasteiger partial charge in [-0.1, -0.05) is 12.1 Å². The van der Waals surface area contributed by atoms with Gasteiger partial charge in [0.1, 0.15) is 11.0 Å². The Morgan fingerprint density at radius 1 is 1.30 bits per heavy atom. The van der Waals surface area contributed by atoms with Gasteiger partial charge in [0.25, 0.3) is 5.91 Å². The van der Waals surface area contributed by atoms with E-state index in [0.29, 0.717) is 12.0 Å². The first-order chi connectivity index (χ1) is 11.0. The Bertz CT molecular complexity index is 767. The first-order valence-electron chi connectivity index (χ1n) is 7.20.